The summed E-state index contributed by atoms with van der Waals surface area (Å²) in [6.45, 7) is -4.17. The van der Waals surface area contributed by atoms with Crippen LogP contribution >= 0.6 is 18.2 Å². The van der Waals surface area contributed by atoms with E-state index in [2.05, 4.69) is 16.2 Å². The summed E-state index contributed by atoms with van der Waals surface area (Å²) >= 11 is 4.20. The van der Waals surface area contributed by atoms with Crippen molar-refractivity contribution in [3.8, 4) is 0 Å². The highest BCUT2D eigenvalue weighted by Crippen LogP contribution is 2.39. The number of anilines is 1. The molecule has 15 heavy (non-hydrogen) atoms. The number of hydrogen-bond acceptors (Lipinski definition) is 2. The number of rotatable bonds is 0. The van der Waals surface area contributed by atoms with Gasteiger partial charge in [-0.15, -0.1) is 0 Å². The Kier molecular flexibility index (Phi) is 3.77. The first-order valence-electron chi connectivity index (χ1n) is 3.94. The van der Waals surface area contributed by atoms with Crippen molar-refractivity contribution in [2.45, 2.75) is 0 Å². The number of benzene rings is 1. The SMILES string of the molecule is Nc1cc2ccccc2[nH]1.O=P(O)(O)Cl. The van der Waals surface area contributed by atoms with Crippen LogP contribution in [0.4, 0.5) is 5.82 Å². The number of H-pyrrole nitrogens is 1. The van der Waals surface area contributed by atoms with Gasteiger partial charge in [-0.25, -0.2) is 4.57 Å². The van der Waals surface area contributed by atoms with Gasteiger partial charge in [-0.2, -0.15) is 0 Å². The number of halogens is 1. The molecule has 5 N–H and O–H groups in total. The molecule has 0 unspecified atom stereocenters. The van der Waals surface area contributed by atoms with Gasteiger partial charge >= 0.3 is 6.95 Å². The van der Waals surface area contributed by atoms with E-state index in [4.69, 9.17) is 20.1 Å². The molecule has 0 atom stereocenters. The molecular formula is C8H10ClN2O3P. The minimum atomic E-state index is -4.17. The molecule has 0 fully saturated rings. The summed E-state index contributed by atoms with van der Waals surface area (Å²) in [5, 5.41) is 1.17. The summed E-state index contributed by atoms with van der Waals surface area (Å²) < 4.78 is 9.09. The summed E-state index contributed by atoms with van der Waals surface area (Å²) in [7, 11) is 0. The smallest absolute Gasteiger partial charge is 0.385 e. The van der Waals surface area contributed by atoms with Crippen molar-refractivity contribution in [2.75, 3.05) is 5.73 Å². The maximum atomic E-state index is 9.09. The zero-order chi connectivity index (χ0) is 11.5. The molecule has 1 aromatic heterocycles. The second kappa shape index (κ2) is 4.68. The monoisotopic (exact) mass is 248 g/mol. The maximum absolute atomic E-state index is 9.09. The van der Waals surface area contributed by atoms with Crippen LogP contribution in [0.25, 0.3) is 10.9 Å². The van der Waals surface area contributed by atoms with E-state index in [0.717, 1.165) is 11.3 Å². The van der Waals surface area contributed by atoms with Crippen LogP contribution in [0, 0.1) is 0 Å². The summed E-state index contributed by atoms with van der Waals surface area (Å²) in [6, 6.07) is 9.94. The Morgan fingerprint density at radius 1 is 1.33 bits per heavy atom. The van der Waals surface area contributed by atoms with E-state index < -0.39 is 6.95 Å². The van der Waals surface area contributed by atoms with Crippen molar-refractivity contribution in [1.82, 2.24) is 4.98 Å². The van der Waals surface area contributed by atoms with Gasteiger partial charge < -0.3 is 20.5 Å². The van der Waals surface area contributed by atoms with Crippen LogP contribution in [0.1, 0.15) is 0 Å². The van der Waals surface area contributed by atoms with Gasteiger partial charge in [0.05, 0.1) is 0 Å². The predicted molar refractivity (Wildman–Crippen MR) is 60.6 cm³/mol. The summed E-state index contributed by atoms with van der Waals surface area (Å²) in [4.78, 5) is 17.8. The van der Waals surface area contributed by atoms with Gasteiger partial charge in [0.1, 0.15) is 5.82 Å². The van der Waals surface area contributed by atoms with Crippen LogP contribution in [0.5, 0.6) is 0 Å². The number of nitrogen functional groups attached to an aromatic ring is 1. The Morgan fingerprint density at radius 2 is 1.87 bits per heavy atom. The zero-order valence-corrected chi connectivity index (χ0v) is 9.24. The second-order valence-electron chi connectivity index (χ2n) is 2.78. The standard InChI is InChI=1S/C8H8N2.ClH2O3P/c9-8-5-6-3-1-2-4-7(6)10-8;1-5(2,3)4/h1-5,10H,9H2;(H2,2,3,4). The highest BCUT2D eigenvalue weighted by Gasteiger charge is 2.01. The van der Waals surface area contributed by atoms with Gasteiger partial charge in [0.15, 0.2) is 0 Å². The fourth-order valence-corrected chi connectivity index (χ4v) is 1.10. The van der Waals surface area contributed by atoms with E-state index in [1.807, 2.05) is 30.3 Å². The molecule has 0 bridgehead atoms. The second-order valence-corrected chi connectivity index (χ2v) is 5.05. The number of fused-ring (bicyclic) bond motifs is 1. The van der Waals surface area contributed by atoms with E-state index in [0.29, 0.717) is 0 Å². The fourth-order valence-electron chi connectivity index (χ4n) is 1.10. The fraction of sp³-hybridized carbons (Fsp3) is 0. The molecule has 5 nitrogen and oxygen atoms in total. The molecule has 0 aliphatic carbocycles. The van der Waals surface area contributed by atoms with Crippen molar-refractivity contribution in [1.29, 1.82) is 0 Å². The minimum Gasteiger partial charge on any atom is -0.385 e. The summed E-state index contributed by atoms with van der Waals surface area (Å²) in [5.41, 5.74) is 6.63. The highest BCUT2D eigenvalue weighted by atomic mass is 35.7. The highest BCUT2D eigenvalue weighted by molar-refractivity contribution is 7.79. The zero-order valence-electron chi connectivity index (χ0n) is 7.59. The molecule has 0 aliphatic heterocycles. The molecule has 0 saturated carbocycles. The van der Waals surface area contributed by atoms with E-state index >= 15 is 0 Å². The average Bonchev–Trinajstić information content (AvgIpc) is 2.40. The Morgan fingerprint density at radius 3 is 2.40 bits per heavy atom. The van der Waals surface area contributed by atoms with Crippen LogP contribution < -0.4 is 5.73 Å². The molecule has 2 aromatic rings. The minimum absolute atomic E-state index is 0.723. The number of nitrogens with one attached hydrogen (secondary N) is 1. The van der Waals surface area contributed by atoms with E-state index in [9.17, 15) is 0 Å². The molecule has 0 amide bonds. The van der Waals surface area contributed by atoms with Crippen molar-refractivity contribution in [2.24, 2.45) is 0 Å². The maximum Gasteiger partial charge on any atom is 0.419 e. The van der Waals surface area contributed by atoms with Crippen LogP contribution in [0.2, 0.25) is 0 Å². The van der Waals surface area contributed by atoms with Gasteiger partial charge in [0, 0.05) is 22.1 Å². The number of aromatic amines is 1. The average molecular weight is 249 g/mol. The van der Waals surface area contributed by atoms with Crippen LogP contribution in [0.3, 0.4) is 0 Å². The summed E-state index contributed by atoms with van der Waals surface area (Å²) in [6.07, 6.45) is 0. The van der Waals surface area contributed by atoms with E-state index in [-0.39, 0.29) is 0 Å². The number of hydrogen-bond donors (Lipinski definition) is 4. The van der Waals surface area contributed by atoms with Gasteiger partial charge in [-0.05, 0) is 12.1 Å². The molecule has 0 saturated heterocycles. The number of aromatic nitrogens is 1. The molecular weight excluding hydrogens is 239 g/mol. The Balaban J connectivity index is 0.000000195. The topological polar surface area (TPSA) is 99.3 Å². The third kappa shape index (κ3) is 4.85. The van der Waals surface area contributed by atoms with Crippen molar-refractivity contribution >= 4 is 34.9 Å². The molecule has 1 heterocycles. The normalized spacial score (nSPS) is 10.9. The molecule has 82 valence electrons. The van der Waals surface area contributed by atoms with Gasteiger partial charge in [0.2, 0.25) is 0 Å². The predicted octanol–water partition coefficient (Wildman–Crippen LogP) is 2.07. The van der Waals surface area contributed by atoms with Crippen LogP contribution in [-0.2, 0) is 4.57 Å². The molecule has 7 heteroatoms. The van der Waals surface area contributed by atoms with Gasteiger partial charge in [-0.1, -0.05) is 18.2 Å². The van der Waals surface area contributed by atoms with Crippen LogP contribution in [-0.4, -0.2) is 14.8 Å². The molecule has 0 aliphatic rings. The molecule has 2 rings (SSSR count). The van der Waals surface area contributed by atoms with E-state index in [1.165, 1.54) is 5.39 Å². The van der Waals surface area contributed by atoms with E-state index in [1.54, 1.807) is 0 Å². The number of nitrogens with two attached hydrogens (primary N) is 1. The largest absolute Gasteiger partial charge is 0.419 e. The Bertz CT molecular complexity index is 452. The van der Waals surface area contributed by atoms with Crippen molar-refractivity contribution in [3.05, 3.63) is 30.3 Å². The van der Waals surface area contributed by atoms with Gasteiger partial charge in [-0.3, -0.25) is 0 Å². The quantitative estimate of drug-likeness (QED) is 0.536. The molecule has 0 radical (unpaired) electrons. The Hall–Kier alpha value is -1.00. The molecule has 1 aromatic carbocycles. The lowest BCUT2D eigenvalue weighted by molar-refractivity contribution is 0.395. The van der Waals surface area contributed by atoms with Crippen molar-refractivity contribution in [3.63, 3.8) is 0 Å². The summed E-state index contributed by atoms with van der Waals surface area (Å²) in [5.74, 6) is 0.723. The first-order valence-corrected chi connectivity index (χ1v) is 6.46. The number of para-hydroxylation sites is 1. The van der Waals surface area contributed by atoms with Crippen molar-refractivity contribution < 1.29 is 14.4 Å². The third-order valence-electron chi connectivity index (χ3n) is 1.55. The lowest BCUT2D eigenvalue weighted by atomic mass is 10.3. The van der Waals surface area contributed by atoms with Crippen LogP contribution in [0.15, 0.2) is 30.3 Å². The first kappa shape index (κ1) is 12.1. The van der Waals surface area contributed by atoms with Gasteiger partial charge in [0.25, 0.3) is 0 Å². The first-order chi connectivity index (χ1) is 6.86. The Labute approximate surface area is 90.8 Å². The lowest BCUT2D eigenvalue weighted by Gasteiger charge is -1.83. The third-order valence-corrected chi connectivity index (χ3v) is 1.55. The lowest BCUT2D eigenvalue weighted by Crippen LogP contribution is -1.80. The molecule has 0 spiro atoms.